The summed E-state index contributed by atoms with van der Waals surface area (Å²) in [5.74, 6) is -0.660. The Morgan fingerprint density at radius 3 is 2.70 bits per heavy atom. The normalized spacial score (nSPS) is 22.5. The number of nitrogens with zero attached hydrogens (tertiary/aromatic N) is 1. The van der Waals surface area contributed by atoms with Crippen LogP contribution in [0.15, 0.2) is 18.2 Å². The number of nitrogens with one attached hydrogen (secondary N) is 2. The molecule has 5 nitrogen and oxygen atoms in total. The molecule has 0 radical (unpaired) electrons. The third-order valence-electron chi connectivity index (χ3n) is 3.72. The Hall–Kier alpha value is -1.91. The Balaban J connectivity index is 2.17. The number of amides is 2. The highest BCUT2D eigenvalue weighted by atomic mass is 16.2. The van der Waals surface area contributed by atoms with Gasteiger partial charge in [-0.25, -0.2) is 4.98 Å². The van der Waals surface area contributed by atoms with Crippen LogP contribution in [0.5, 0.6) is 0 Å². The number of pyridine rings is 1. The van der Waals surface area contributed by atoms with E-state index in [1.54, 1.807) is 6.07 Å². The van der Waals surface area contributed by atoms with Crippen LogP contribution in [0.25, 0.3) is 0 Å². The van der Waals surface area contributed by atoms with Crippen LogP contribution < -0.4 is 10.6 Å². The number of rotatable bonds is 2. The van der Waals surface area contributed by atoms with Crippen molar-refractivity contribution in [2.75, 3.05) is 11.9 Å². The van der Waals surface area contributed by atoms with Crippen molar-refractivity contribution in [2.45, 2.75) is 27.7 Å². The molecule has 1 fully saturated rings. The van der Waals surface area contributed by atoms with Crippen LogP contribution in [-0.4, -0.2) is 23.3 Å². The van der Waals surface area contributed by atoms with Crippen molar-refractivity contribution in [1.82, 2.24) is 10.3 Å². The van der Waals surface area contributed by atoms with Crippen LogP contribution in [0.4, 0.5) is 5.82 Å². The van der Waals surface area contributed by atoms with Crippen LogP contribution in [-0.2, 0) is 9.59 Å². The zero-order valence-corrected chi connectivity index (χ0v) is 12.4. The lowest BCUT2D eigenvalue weighted by Crippen LogP contribution is -2.37. The van der Waals surface area contributed by atoms with E-state index in [1.165, 1.54) is 0 Å². The van der Waals surface area contributed by atoms with E-state index in [0.717, 1.165) is 5.69 Å². The fourth-order valence-electron chi connectivity index (χ4n) is 2.55. The van der Waals surface area contributed by atoms with Crippen LogP contribution in [0.3, 0.4) is 0 Å². The Bertz CT molecular complexity index is 534. The quantitative estimate of drug-likeness (QED) is 0.808. The second-order valence-corrected chi connectivity index (χ2v) is 6.35. The van der Waals surface area contributed by atoms with E-state index in [-0.39, 0.29) is 23.1 Å². The standard InChI is InChI=1S/C15H21N3O2/c1-9-6-5-7-11(17-9)18-14(20)12-10(15(2,3)4)8-16-13(12)19/h5-7,10,12H,8H2,1-4H3,(H,16,19)(H,17,18,20)/t10-,12+/m0/s1. The van der Waals surface area contributed by atoms with Gasteiger partial charge in [0.2, 0.25) is 11.8 Å². The number of carbonyl (C=O) groups excluding carboxylic acids is 2. The molecule has 0 unspecified atom stereocenters. The molecule has 0 aromatic carbocycles. The highest BCUT2D eigenvalue weighted by Gasteiger charge is 2.45. The lowest BCUT2D eigenvalue weighted by Gasteiger charge is -2.29. The summed E-state index contributed by atoms with van der Waals surface area (Å²) in [5, 5.41) is 5.53. The van der Waals surface area contributed by atoms with Gasteiger partial charge in [0, 0.05) is 18.2 Å². The Labute approximate surface area is 119 Å². The summed E-state index contributed by atoms with van der Waals surface area (Å²) in [4.78, 5) is 28.6. The van der Waals surface area contributed by atoms with Crippen molar-refractivity contribution in [3.05, 3.63) is 23.9 Å². The van der Waals surface area contributed by atoms with Crippen molar-refractivity contribution < 1.29 is 9.59 Å². The number of carbonyl (C=O) groups is 2. The smallest absolute Gasteiger partial charge is 0.238 e. The summed E-state index contributed by atoms with van der Waals surface area (Å²) in [6.45, 7) is 8.53. The first-order valence-electron chi connectivity index (χ1n) is 6.81. The molecule has 2 atom stereocenters. The second-order valence-electron chi connectivity index (χ2n) is 6.35. The molecule has 0 aliphatic carbocycles. The molecule has 1 aromatic rings. The average molecular weight is 275 g/mol. The van der Waals surface area contributed by atoms with Crippen molar-refractivity contribution in [3.63, 3.8) is 0 Å². The number of hydrogen-bond donors (Lipinski definition) is 2. The van der Waals surface area contributed by atoms with Gasteiger partial charge in [0.1, 0.15) is 11.7 Å². The molecule has 2 heterocycles. The van der Waals surface area contributed by atoms with Crippen LogP contribution in [0.1, 0.15) is 26.5 Å². The number of hydrogen-bond acceptors (Lipinski definition) is 3. The molecule has 2 amide bonds. The first kappa shape index (κ1) is 14.5. The van der Waals surface area contributed by atoms with E-state index in [4.69, 9.17) is 0 Å². The zero-order chi connectivity index (χ0) is 14.9. The number of aryl methyl sites for hydroxylation is 1. The molecule has 1 aliphatic heterocycles. The van der Waals surface area contributed by atoms with Gasteiger partial charge in [0.15, 0.2) is 0 Å². The fraction of sp³-hybridized carbons (Fsp3) is 0.533. The summed E-state index contributed by atoms with van der Waals surface area (Å²) < 4.78 is 0. The van der Waals surface area contributed by atoms with Gasteiger partial charge < -0.3 is 10.6 Å². The molecule has 20 heavy (non-hydrogen) atoms. The summed E-state index contributed by atoms with van der Waals surface area (Å²) in [6, 6.07) is 5.41. The van der Waals surface area contributed by atoms with E-state index in [0.29, 0.717) is 12.4 Å². The number of anilines is 1. The van der Waals surface area contributed by atoms with E-state index in [2.05, 4.69) is 15.6 Å². The van der Waals surface area contributed by atoms with Crippen molar-refractivity contribution in [1.29, 1.82) is 0 Å². The predicted molar refractivity (Wildman–Crippen MR) is 77.0 cm³/mol. The van der Waals surface area contributed by atoms with E-state index in [1.807, 2.05) is 39.8 Å². The summed E-state index contributed by atoms with van der Waals surface area (Å²) in [6.07, 6.45) is 0. The highest BCUT2D eigenvalue weighted by Crippen LogP contribution is 2.35. The molecule has 108 valence electrons. The minimum absolute atomic E-state index is 0.0141. The van der Waals surface area contributed by atoms with Gasteiger partial charge in [-0.15, -0.1) is 0 Å². The Kier molecular flexibility index (Phi) is 3.79. The summed E-state index contributed by atoms with van der Waals surface area (Å²) in [5.41, 5.74) is 0.715. The molecule has 1 aromatic heterocycles. The van der Waals surface area contributed by atoms with E-state index >= 15 is 0 Å². The van der Waals surface area contributed by atoms with Gasteiger partial charge in [-0.1, -0.05) is 26.8 Å². The van der Waals surface area contributed by atoms with Gasteiger partial charge >= 0.3 is 0 Å². The molecule has 0 spiro atoms. The maximum absolute atomic E-state index is 12.4. The van der Waals surface area contributed by atoms with Gasteiger partial charge in [0.25, 0.3) is 0 Å². The molecule has 1 aliphatic rings. The molecule has 2 N–H and O–H groups in total. The molecule has 1 saturated heterocycles. The third-order valence-corrected chi connectivity index (χ3v) is 3.72. The molecular formula is C15H21N3O2. The SMILES string of the molecule is Cc1cccc(NC(=O)[C@H]2C(=O)NC[C@@H]2C(C)(C)C)n1. The number of aromatic nitrogens is 1. The minimum atomic E-state index is -0.655. The lowest BCUT2D eigenvalue weighted by molar-refractivity contribution is -0.132. The molecule has 0 bridgehead atoms. The largest absolute Gasteiger partial charge is 0.355 e. The lowest BCUT2D eigenvalue weighted by atomic mass is 9.74. The predicted octanol–water partition coefficient (Wildman–Crippen LogP) is 1.74. The van der Waals surface area contributed by atoms with Crippen LogP contribution in [0, 0.1) is 24.2 Å². The maximum atomic E-state index is 12.4. The van der Waals surface area contributed by atoms with Gasteiger partial charge in [-0.2, -0.15) is 0 Å². The van der Waals surface area contributed by atoms with Gasteiger partial charge in [-0.05, 0) is 24.5 Å². The molecule has 5 heteroatoms. The van der Waals surface area contributed by atoms with E-state index < -0.39 is 5.92 Å². The Morgan fingerprint density at radius 1 is 1.40 bits per heavy atom. The van der Waals surface area contributed by atoms with Crippen molar-refractivity contribution in [3.8, 4) is 0 Å². The van der Waals surface area contributed by atoms with Gasteiger partial charge in [-0.3, -0.25) is 9.59 Å². The van der Waals surface area contributed by atoms with E-state index in [9.17, 15) is 9.59 Å². The van der Waals surface area contributed by atoms with Crippen LogP contribution in [0.2, 0.25) is 0 Å². The minimum Gasteiger partial charge on any atom is -0.355 e. The highest BCUT2D eigenvalue weighted by molar-refractivity contribution is 6.07. The summed E-state index contributed by atoms with van der Waals surface area (Å²) in [7, 11) is 0. The second kappa shape index (κ2) is 5.23. The first-order chi connectivity index (χ1) is 9.29. The third kappa shape index (κ3) is 2.98. The fourth-order valence-corrected chi connectivity index (χ4v) is 2.55. The average Bonchev–Trinajstić information content (AvgIpc) is 2.71. The van der Waals surface area contributed by atoms with Crippen LogP contribution >= 0.6 is 0 Å². The zero-order valence-electron chi connectivity index (χ0n) is 12.4. The molecular weight excluding hydrogens is 254 g/mol. The van der Waals surface area contributed by atoms with Gasteiger partial charge in [0.05, 0.1) is 0 Å². The maximum Gasteiger partial charge on any atom is 0.238 e. The Morgan fingerprint density at radius 2 is 2.10 bits per heavy atom. The van der Waals surface area contributed by atoms with Crippen molar-refractivity contribution >= 4 is 17.6 Å². The topological polar surface area (TPSA) is 71.1 Å². The summed E-state index contributed by atoms with van der Waals surface area (Å²) >= 11 is 0. The molecule has 2 rings (SSSR count). The molecule has 0 saturated carbocycles. The first-order valence-corrected chi connectivity index (χ1v) is 6.81. The van der Waals surface area contributed by atoms with Crippen molar-refractivity contribution in [2.24, 2.45) is 17.3 Å². The monoisotopic (exact) mass is 275 g/mol.